The third-order valence-electron chi connectivity index (χ3n) is 3.29. The van der Waals surface area contributed by atoms with E-state index in [4.69, 9.17) is 15.2 Å². The summed E-state index contributed by atoms with van der Waals surface area (Å²) in [6.45, 7) is 5.23. The minimum Gasteiger partial charge on any atom is -0.486 e. The molecule has 0 aliphatic carbocycles. The summed E-state index contributed by atoms with van der Waals surface area (Å²) in [4.78, 5) is 0. The first-order valence-electron chi connectivity index (χ1n) is 5.87. The summed E-state index contributed by atoms with van der Waals surface area (Å²) in [5.41, 5.74) is 10.0. The summed E-state index contributed by atoms with van der Waals surface area (Å²) < 4.78 is 11.4. The SMILES string of the molecule is Cc1cc2c(c(-c3cn[nH]c3N)c1C)OCCO2. The summed E-state index contributed by atoms with van der Waals surface area (Å²) in [5, 5.41) is 6.72. The molecule has 0 amide bonds. The summed E-state index contributed by atoms with van der Waals surface area (Å²) in [7, 11) is 0. The molecule has 0 radical (unpaired) electrons. The Bertz CT molecular complexity index is 605. The number of aryl methyl sites for hydroxylation is 1. The lowest BCUT2D eigenvalue weighted by atomic mass is 9.96. The third kappa shape index (κ3) is 1.51. The van der Waals surface area contributed by atoms with Crippen LogP contribution in [0.1, 0.15) is 11.1 Å². The van der Waals surface area contributed by atoms with E-state index >= 15 is 0 Å². The van der Waals surface area contributed by atoms with E-state index in [1.807, 2.05) is 13.0 Å². The van der Waals surface area contributed by atoms with Crippen molar-refractivity contribution in [1.82, 2.24) is 10.2 Å². The second kappa shape index (κ2) is 3.94. The van der Waals surface area contributed by atoms with Gasteiger partial charge in [0.1, 0.15) is 19.0 Å². The molecular formula is C13H15N3O2. The number of hydrogen-bond donors (Lipinski definition) is 2. The Morgan fingerprint density at radius 3 is 2.78 bits per heavy atom. The maximum absolute atomic E-state index is 5.91. The molecule has 1 aliphatic rings. The summed E-state index contributed by atoms with van der Waals surface area (Å²) in [6, 6.07) is 2.00. The van der Waals surface area contributed by atoms with E-state index in [-0.39, 0.29) is 0 Å². The molecule has 3 N–H and O–H groups in total. The fourth-order valence-corrected chi connectivity index (χ4v) is 2.23. The molecular weight excluding hydrogens is 230 g/mol. The van der Waals surface area contributed by atoms with Gasteiger partial charge in [-0.2, -0.15) is 5.10 Å². The van der Waals surface area contributed by atoms with Gasteiger partial charge in [0.05, 0.1) is 6.20 Å². The quantitative estimate of drug-likeness (QED) is 0.806. The van der Waals surface area contributed by atoms with Crippen molar-refractivity contribution in [2.24, 2.45) is 0 Å². The van der Waals surface area contributed by atoms with Crippen molar-refractivity contribution in [1.29, 1.82) is 0 Å². The third-order valence-corrected chi connectivity index (χ3v) is 3.29. The molecule has 0 saturated carbocycles. The first-order valence-corrected chi connectivity index (χ1v) is 5.87. The number of anilines is 1. The molecule has 2 heterocycles. The van der Waals surface area contributed by atoms with Crippen LogP contribution in [-0.4, -0.2) is 23.4 Å². The number of aromatic nitrogens is 2. The van der Waals surface area contributed by atoms with Crippen LogP contribution in [0.3, 0.4) is 0 Å². The van der Waals surface area contributed by atoms with Gasteiger partial charge in [-0.1, -0.05) is 0 Å². The minimum atomic E-state index is 0.542. The highest BCUT2D eigenvalue weighted by molar-refractivity contribution is 5.83. The lowest BCUT2D eigenvalue weighted by Crippen LogP contribution is -2.16. The highest BCUT2D eigenvalue weighted by Crippen LogP contribution is 2.44. The number of nitrogens with one attached hydrogen (secondary N) is 1. The van der Waals surface area contributed by atoms with Gasteiger partial charge in [0, 0.05) is 11.1 Å². The van der Waals surface area contributed by atoms with E-state index in [0.29, 0.717) is 19.0 Å². The van der Waals surface area contributed by atoms with Gasteiger partial charge >= 0.3 is 0 Å². The van der Waals surface area contributed by atoms with Gasteiger partial charge < -0.3 is 15.2 Å². The monoisotopic (exact) mass is 245 g/mol. The number of rotatable bonds is 1. The molecule has 18 heavy (non-hydrogen) atoms. The van der Waals surface area contributed by atoms with Crippen molar-refractivity contribution < 1.29 is 9.47 Å². The Hall–Kier alpha value is -2.17. The summed E-state index contributed by atoms with van der Waals surface area (Å²) >= 11 is 0. The molecule has 2 aromatic rings. The normalized spacial score (nSPS) is 13.7. The predicted molar refractivity (Wildman–Crippen MR) is 68.9 cm³/mol. The number of nitrogens with zero attached hydrogens (tertiary/aromatic N) is 1. The fourth-order valence-electron chi connectivity index (χ4n) is 2.23. The van der Waals surface area contributed by atoms with Gasteiger partial charge in [-0.3, -0.25) is 5.10 Å². The van der Waals surface area contributed by atoms with E-state index in [9.17, 15) is 0 Å². The Morgan fingerprint density at radius 2 is 2.06 bits per heavy atom. The number of aromatic amines is 1. The zero-order chi connectivity index (χ0) is 12.7. The Balaban J connectivity index is 2.30. The first-order chi connectivity index (χ1) is 8.68. The van der Waals surface area contributed by atoms with Gasteiger partial charge in [0.25, 0.3) is 0 Å². The van der Waals surface area contributed by atoms with E-state index < -0.39 is 0 Å². The molecule has 0 unspecified atom stereocenters. The van der Waals surface area contributed by atoms with Crippen molar-refractivity contribution in [3.8, 4) is 22.6 Å². The standard InChI is InChI=1S/C13H15N3O2/c1-7-5-10-12(18-4-3-17-10)11(8(7)2)9-6-15-16-13(9)14/h5-6H,3-4H2,1-2H3,(H3,14,15,16). The molecule has 94 valence electrons. The molecule has 0 bridgehead atoms. The molecule has 5 nitrogen and oxygen atoms in total. The number of fused-ring (bicyclic) bond motifs is 1. The molecule has 1 aromatic heterocycles. The first kappa shape index (κ1) is 11.0. The van der Waals surface area contributed by atoms with Crippen LogP contribution >= 0.6 is 0 Å². The van der Waals surface area contributed by atoms with E-state index in [0.717, 1.165) is 33.8 Å². The van der Waals surface area contributed by atoms with Crippen molar-refractivity contribution in [3.05, 3.63) is 23.4 Å². The van der Waals surface area contributed by atoms with Crippen molar-refractivity contribution in [2.45, 2.75) is 13.8 Å². The summed E-state index contributed by atoms with van der Waals surface area (Å²) in [5.74, 6) is 2.08. The zero-order valence-corrected chi connectivity index (χ0v) is 10.4. The summed E-state index contributed by atoms with van der Waals surface area (Å²) in [6.07, 6.45) is 1.72. The number of benzene rings is 1. The fraction of sp³-hybridized carbons (Fsp3) is 0.308. The smallest absolute Gasteiger partial charge is 0.169 e. The number of ether oxygens (including phenoxy) is 2. The Labute approximate surface area is 105 Å². The minimum absolute atomic E-state index is 0.542. The van der Waals surface area contributed by atoms with Crippen molar-refractivity contribution in [3.63, 3.8) is 0 Å². The molecule has 1 aromatic carbocycles. The van der Waals surface area contributed by atoms with Crippen LogP contribution in [0, 0.1) is 13.8 Å². The number of nitrogens with two attached hydrogens (primary N) is 1. The second-order valence-corrected chi connectivity index (χ2v) is 4.42. The van der Waals surface area contributed by atoms with Crippen LogP contribution in [-0.2, 0) is 0 Å². The van der Waals surface area contributed by atoms with Gasteiger partial charge in [-0.15, -0.1) is 0 Å². The van der Waals surface area contributed by atoms with Gasteiger partial charge in [0.15, 0.2) is 11.5 Å². The molecule has 0 saturated heterocycles. The van der Waals surface area contributed by atoms with Crippen molar-refractivity contribution in [2.75, 3.05) is 18.9 Å². The Morgan fingerprint density at radius 1 is 1.28 bits per heavy atom. The van der Waals surface area contributed by atoms with Gasteiger partial charge in [0.2, 0.25) is 0 Å². The lowest BCUT2D eigenvalue weighted by molar-refractivity contribution is 0.172. The van der Waals surface area contributed by atoms with E-state index in [2.05, 4.69) is 17.1 Å². The van der Waals surface area contributed by atoms with Crippen LogP contribution in [0.25, 0.3) is 11.1 Å². The van der Waals surface area contributed by atoms with Crippen molar-refractivity contribution >= 4 is 5.82 Å². The second-order valence-electron chi connectivity index (χ2n) is 4.42. The molecule has 0 atom stereocenters. The van der Waals surface area contributed by atoms with Crippen LogP contribution < -0.4 is 15.2 Å². The van der Waals surface area contributed by atoms with Crippen LogP contribution in [0.4, 0.5) is 5.82 Å². The molecule has 1 aliphatic heterocycles. The maximum atomic E-state index is 5.91. The average Bonchev–Trinajstić information content (AvgIpc) is 2.77. The van der Waals surface area contributed by atoms with Gasteiger partial charge in [-0.25, -0.2) is 0 Å². The maximum Gasteiger partial charge on any atom is 0.169 e. The Kier molecular flexibility index (Phi) is 2.40. The molecule has 3 rings (SSSR count). The van der Waals surface area contributed by atoms with Crippen LogP contribution in [0.2, 0.25) is 0 Å². The van der Waals surface area contributed by atoms with Crippen LogP contribution in [0.15, 0.2) is 12.3 Å². The number of hydrogen-bond acceptors (Lipinski definition) is 4. The molecule has 0 fully saturated rings. The van der Waals surface area contributed by atoms with Crippen LogP contribution in [0.5, 0.6) is 11.5 Å². The number of H-pyrrole nitrogens is 1. The molecule has 5 heteroatoms. The van der Waals surface area contributed by atoms with E-state index in [1.54, 1.807) is 6.20 Å². The topological polar surface area (TPSA) is 73.2 Å². The molecule has 0 spiro atoms. The lowest BCUT2D eigenvalue weighted by Gasteiger charge is -2.23. The highest BCUT2D eigenvalue weighted by atomic mass is 16.6. The zero-order valence-electron chi connectivity index (χ0n) is 10.4. The predicted octanol–water partition coefficient (Wildman–Crippen LogP) is 2.05. The van der Waals surface area contributed by atoms with E-state index in [1.165, 1.54) is 0 Å². The highest BCUT2D eigenvalue weighted by Gasteiger charge is 2.22. The van der Waals surface area contributed by atoms with Gasteiger partial charge in [-0.05, 0) is 31.0 Å². The average molecular weight is 245 g/mol. The largest absolute Gasteiger partial charge is 0.486 e. The number of nitrogen functional groups attached to an aromatic ring is 1.